The van der Waals surface area contributed by atoms with Crippen LogP contribution in [0.3, 0.4) is 0 Å². The molecule has 2 heterocycles. The summed E-state index contributed by atoms with van der Waals surface area (Å²) in [5.41, 5.74) is 11.6. The van der Waals surface area contributed by atoms with Crippen molar-refractivity contribution in [1.29, 1.82) is 0 Å². The number of benzene rings is 6. The summed E-state index contributed by atoms with van der Waals surface area (Å²) in [5, 5.41) is 0. The standard InChI is InChI=1S/C17H12BrN3.C15H16O2.C13H10O.C4H4BrN3.C4H10O3.CH4.I3.I2/c18-15-11-19-17(20-12-15)21-16(13-7-3-1-4-8-13)14-9-5-2-6-10-14;1-16-15(17-2,13-9-5-3-6-10-13)14-11-7-4-8-12-14;14-13(11-7-3-1-4-8-11)12-9-5-2-6-10-12;5-3-1-7-4(6)8-2-3;1-5-4(6-2)7-3;;1-3-2;1-2/h1-12H;3-12H,1-2H3;1-10H;1-2H,(H2,6,7,8);4H,1-3H3;1H4;;/q;;;;;;-1;. The molecule has 0 atom stereocenters. The van der Waals surface area contributed by atoms with Crippen LogP contribution in [0.5, 0.6) is 0 Å². The normalized spacial score (nSPS) is 9.81. The molecule has 0 unspecified atom stereocenters. The van der Waals surface area contributed by atoms with Gasteiger partial charge in [-0.25, -0.2) is 24.9 Å². The first kappa shape index (κ1) is 68.0. The van der Waals surface area contributed by atoms with E-state index in [0.717, 1.165) is 48.0 Å². The molecule has 19 heteroatoms. The molecule has 8 aromatic rings. The van der Waals surface area contributed by atoms with Gasteiger partial charge in [0.2, 0.25) is 17.7 Å². The maximum Gasteiger partial charge on any atom is 0.219 e. The van der Waals surface area contributed by atoms with E-state index in [-0.39, 0.29) is 13.2 Å². The average Bonchev–Trinajstić information content (AvgIpc) is 3.45. The molecule has 8 rings (SSSR count). The van der Waals surface area contributed by atoms with Gasteiger partial charge in [0.05, 0.1) is 14.7 Å². The second-order valence-corrected chi connectivity index (χ2v) is 31.6. The SMILES string of the molecule is Brc1cnc(N=C(c2ccccc2)c2ccccc2)nc1.C.COC(OC)(c1ccccc1)c1ccccc1.COC(OC)OC.II.I[I-]I.Nc1ncc(Br)cn1.O=C(c1ccccc1)c1ccccc1. The first-order valence-corrected chi connectivity index (χ1v) is 41.4. The summed E-state index contributed by atoms with van der Waals surface area (Å²) in [4.78, 5) is 32.3. The molecule has 0 saturated carbocycles. The van der Waals surface area contributed by atoms with E-state index in [4.69, 9.17) is 15.2 Å². The van der Waals surface area contributed by atoms with Crippen LogP contribution in [-0.2, 0) is 29.5 Å². The van der Waals surface area contributed by atoms with Crippen molar-refractivity contribution in [3.63, 3.8) is 0 Å². The summed E-state index contributed by atoms with van der Waals surface area (Å²) < 4.78 is 26.8. The number of methoxy groups -OCH3 is 5. The van der Waals surface area contributed by atoms with Gasteiger partial charge < -0.3 is 29.4 Å². The number of aromatic nitrogens is 4. The summed E-state index contributed by atoms with van der Waals surface area (Å²) in [6, 6.07) is 58.6. The van der Waals surface area contributed by atoms with E-state index in [2.05, 4.69) is 145 Å². The Morgan fingerprint density at radius 1 is 0.521 bits per heavy atom. The monoisotopic (exact) mass is 1680 g/mol. The molecule has 12 nitrogen and oxygen atoms in total. The van der Waals surface area contributed by atoms with Gasteiger partial charge in [-0.1, -0.05) is 189 Å². The molecular weight excluding hydrogens is 1620 g/mol. The van der Waals surface area contributed by atoms with E-state index >= 15 is 0 Å². The number of halogens is 7. The van der Waals surface area contributed by atoms with Gasteiger partial charge in [0, 0.05) is 131 Å². The third-order valence-corrected chi connectivity index (χ3v) is 9.90. The van der Waals surface area contributed by atoms with Crippen molar-refractivity contribution in [3.8, 4) is 0 Å². The fourth-order valence-corrected chi connectivity index (χ4v) is 6.35. The Morgan fingerprint density at radius 2 is 0.795 bits per heavy atom. The van der Waals surface area contributed by atoms with E-state index < -0.39 is 12.3 Å². The van der Waals surface area contributed by atoms with Crippen LogP contribution in [0.4, 0.5) is 11.9 Å². The molecule has 0 bridgehead atoms. The molecule has 73 heavy (non-hydrogen) atoms. The third-order valence-electron chi connectivity index (χ3n) is 9.09. The minimum atomic E-state index is -0.831. The molecule has 0 spiro atoms. The summed E-state index contributed by atoms with van der Waals surface area (Å²) in [6.45, 7) is -0.514. The molecule has 0 aliphatic carbocycles. The minimum absolute atomic E-state index is 0. The zero-order valence-corrected chi connectivity index (χ0v) is 53.6. The smallest absolute Gasteiger partial charge is 0.219 e. The largest absolute Gasteiger partial charge is 0.368 e. The van der Waals surface area contributed by atoms with Crippen LogP contribution in [-0.4, -0.2) is 73.5 Å². The van der Waals surface area contributed by atoms with Crippen molar-refractivity contribution in [2.45, 2.75) is 19.7 Å². The number of hydrogen-bond acceptors (Lipinski definition) is 12. The number of rotatable bonds is 12. The minimum Gasteiger partial charge on any atom is -0.368 e. The topological polar surface area (TPSA) is 153 Å². The predicted octanol–water partition coefficient (Wildman–Crippen LogP) is 12.7. The van der Waals surface area contributed by atoms with Crippen LogP contribution in [0, 0.1) is 0 Å². The van der Waals surface area contributed by atoms with E-state index in [1.54, 1.807) is 39.0 Å². The van der Waals surface area contributed by atoms with Crippen molar-refractivity contribution in [3.05, 3.63) is 249 Å². The number of hydrogen-bond donors (Lipinski definition) is 1. The molecule has 0 fully saturated rings. The van der Waals surface area contributed by atoms with Crippen LogP contribution in [0.25, 0.3) is 0 Å². The molecule has 388 valence electrons. The molecule has 0 radical (unpaired) electrons. The number of ether oxygens (including phenoxy) is 5. The van der Waals surface area contributed by atoms with E-state index in [1.165, 1.54) is 21.3 Å². The number of anilines is 1. The van der Waals surface area contributed by atoms with Gasteiger partial charge in [-0.05, 0) is 31.9 Å². The number of carbonyl (C=O) groups excluding carboxylic acids is 1. The van der Waals surface area contributed by atoms with Gasteiger partial charge in [-0.15, -0.1) is 0 Å². The Kier molecular flexibility index (Phi) is 39.3. The van der Waals surface area contributed by atoms with Gasteiger partial charge in [0.15, 0.2) is 5.78 Å². The molecule has 2 N–H and O–H groups in total. The first-order valence-electron chi connectivity index (χ1n) is 20.9. The van der Waals surface area contributed by atoms with E-state index in [0.29, 0.717) is 25.2 Å². The van der Waals surface area contributed by atoms with Crippen LogP contribution in [0.1, 0.15) is 45.6 Å². The van der Waals surface area contributed by atoms with Gasteiger partial charge in [0.1, 0.15) is 0 Å². The van der Waals surface area contributed by atoms with Crippen molar-refractivity contribution in [2.24, 2.45) is 4.99 Å². The van der Waals surface area contributed by atoms with Crippen LogP contribution < -0.4 is 19.0 Å². The molecule has 0 saturated heterocycles. The summed E-state index contributed by atoms with van der Waals surface area (Å²) in [7, 11) is 7.85. The molecular formula is C54H56Br2I5N6O6-. The zero-order valence-electron chi connectivity index (χ0n) is 39.6. The van der Waals surface area contributed by atoms with E-state index in [1.807, 2.05) is 182 Å². The van der Waals surface area contributed by atoms with Crippen molar-refractivity contribution >= 4 is 130 Å². The molecule has 2 aromatic heterocycles. The number of nitrogens with zero attached hydrogens (tertiary/aromatic N) is 5. The van der Waals surface area contributed by atoms with Gasteiger partial charge in [-0.2, -0.15) is 0 Å². The van der Waals surface area contributed by atoms with Crippen molar-refractivity contribution in [2.75, 3.05) is 41.3 Å². The average molecular weight is 1680 g/mol. The number of aliphatic imine (C=N–C) groups is 1. The van der Waals surface area contributed by atoms with E-state index in [9.17, 15) is 4.79 Å². The Morgan fingerprint density at radius 3 is 1.05 bits per heavy atom. The number of nitrogens with two attached hydrogens (primary N) is 1. The molecule has 0 aliphatic heterocycles. The zero-order chi connectivity index (χ0) is 52.8. The van der Waals surface area contributed by atoms with Crippen LogP contribution in [0.15, 0.2) is 221 Å². The Hall–Kier alpha value is -2.97. The fraction of sp³-hybridized carbons (Fsp3) is 0.148. The Labute approximate surface area is 500 Å². The molecule has 0 aliphatic rings. The summed E-state index contributed by atoms with van der Waals surface area (Å²) in [5.74, 6) is -0.0111. The fourth-order valence-electron chi connectivity index (χ4n) is 5.94. The second kappa shape index (κ2) is 42.2. The molecule has 6 aromatic carbocycles. The van der Waals surface area contributed by atoms with Gasteiger partial charge in [-0.3, -0.25) is 4.79 Å². The Bertz CT molecular complexity index is 2470. The van der Waals surface area contributed by atoms with Crippen LogP contribution in [0.2, 0.25) is 0 Å². The number of nitrogen functional groups attached to an aromatic ring is 1. The summed E-state index contributed by atoms with van der Waals surface area (Å²) in [6.07, 6.45) is 6.59. The number of ketones is 1. The van der Waals surface area contributed by atoms with Gasteiger partial charge >= 0.3 is 50.5 Å². The maximum absolute atomic E-state index is 11.8. The first-order chi connectivity index (χ1) is 35.1. The summed E-state index contributed by atoms with van der Waals surface area (Å²) >= 11 is 16.0. The maximum atomic E-state index is 11.8. The van der Waals surface area contributed by atoms with Crippen molar-refractivity contribution in [1.82, 2.24) is 19.9 Å². The Balaban J connectivity index is 0.000000465. The van der Waals surface area contributed by atoms with Gasteiger partial charge in [0.25, 0.3) is 6.48 Å². The quantitative estimate of drug-likeness (QED) is 0.0538. The molecule has 0 amide bonds. The van der Waals surface area contributed by atoms with Crippen molar-refractivity contribution < 1.29 is 41.7 Å². The third kappa shape index (κ3) is 26.1. The predicted molar refractivity (Wildman–Crippen MR) is 334 cm³/mol. The van der Waals surface area contributed by atoms with Crippen LogP contribution >= 0.6 is 106 Å². The second-order valence-electron chi connectivity index (χ2n) is 13.5. The number of carbonyl (C=O) groups is 1.